The highest BCUT2D eigenvalue weighted by Gasteiger charge is 2.31. The van der Waals surface area contributed by atoms with Crippen LogP contribution in [0.5, 0.6) is 0 Å². The van der Waals surface area contributed by atoms with Crippen LogP contribution in [0, 0.1) is 21.8 Å². The van der Waals surface area contributed by atoms with Gasteiger partial charge in [-0.05, 0) is 31.9 Å². The minimum absolute atomic E-state index is 0.00719. The smallest absolute Gasteiger partial charge is 0.309 e. The van der Waals surface area contributed by atoms with Crippen LogP contribution in [0.3, 0.4) is 0 Å². The quantitative estimate of drug-likeness (QED) is 0.401. The predicted octanol–water partition coefficient (Wildman–Crippen LogP) is 1.28. The number of esters is 1. The summed E-state index contributed by atoms with van der Waals surface area (Å²) in [7, 11) is -3.30. The first-order valence-electron chi connectivity index (χ1n) is 8.52. The lowest BCUT2D eigenvalue weighted by molar-refractivity contribution is -0.387. The van der Waals surface area contributed by atoms with Crippen molar-refractivity contribution in [2.24, 2.45) is 5.92 Å². The first-order valence-corrected chi connectivity index (χ1v) is 10.1. The first kappa shape index (κ1) is 21.7. The van der Waals surface area contributed by atoms with E-state index in [2.05, 4.69) is 5.32 Å². The van der Waals surface area contributed by atoms with Crippen LogP contribution in [0.25, 0.3) is 0 Å². The Morgan fingerprint density at radius 1 is 1.36 bits per heavy atom. The van der Waals surface area contributed by atoms with Crippen LogP contribution < -0.4 is 5.32 Å². The minimum atomic E-state index is -3.30. The maximum atomic E-state index is 13.3. The van der Waals surface area contributed by atoms with E-state index < -0.39 is 50.9 Å². The highest BCUT2D eigenvalue weighted by Crippen LogP contribution is 2.22. The molecule has 1 N–H and O–H groups in total. The fourth-order valence-corrected chi connectivity index (χ4v) is 3.87. The summed E-state index contributed by atoms with van der Waals surface area (Å²) in [5, 5.41) is 13.0. The van der Waals surface area contributed by atoms with Gasteiger partial charge in [0.2, 0.25) is 15.8 Å². The molecule has 0 aromatic heterocycles. The van der Waals surface area contributed by atoms with E-state index in [4.69, 9.17) is 4.74 Å². The predicted molar refractivity (Wildman–Crippen MR) is 96.4 cm³/mol. The number of nitro benzene ring substituents is 1. The number of benzene rings is 1. The normalized spacial score (nSPS) is 15.8. The van der Waals surface area contributed by atoms with Gasteiger partial charge in [0.25, 0.3) is 5.91 Å². The van der Waals surface area contributed by atoms with Gasteiger partial charge in [-0.1, -0.05) is 0 Å². The number of rotatable bonds is 7. The van der Waals surface area contributed by atoms with Crippen molar-refractivity contribution in [1.29, 1.82) is 0 Å². The van der Waals surface area contributed by atoms with Crippen LogP contribution in [0.15, 0.2) is 18.2 Å². The molecule has 0 saturated carbocycles. The molecule has 1 aliphatic rings. The molecule has 2 rings (SSSR count). The lowest BCUT2D eigenvalue weighted by Crippen LogP contribution is -2.41. The van der Waals surface area contributed by atoms with Crippen LogP contribution >= 0.6 is 0 Å². The second-order valence-electron chi connectivity index (χ2n) is 6.15. The summed E-state index contributed by atoms with van der Waals surface area (Å²) in [5.41, 5.74) is -0.796. The maximum Gasteiger partial charge on any atom is 0.309 e. The van der Waals surface area contributed by atoms with Gasteiger partial charge in [-0.25, -0.2) is 12.7 Å². The summed E-state index contributed by atoms with van der Waals surface area (Å²) in [5.74, 6) is -2.91. The van der Waals surface area contributed by atoms with E-state index in [0.717, 1.165) is 18.2 Å². The first-order chi connectivity index (χ1) is 13.1. The van der Waals surface area contributed by atoms with Crippen LogP contribution in [-0.2, 0) is 24.3 Å². The molecule has 1 fully saturated rings. The Kier molecular flexibility index (Phi) is 7.02. The largest absolute Gasteiger partial charge is 0.455 e. The lowest BCUT2D eigenvalue weighted by Gasteiger charge is -2.29. The summed E-state index contributed by atoms with van der Waals surface area (Å²) < 4.78 is 43.1. The highest BCUT2D eigenvalue weighted by molar-refractivity contribution is 7.89. The van der Waals surface area contributed by atoms with Crippen LogP contribution in [0.4, 0.5) is 15.8 Å². The van der Waals surface area contributed by atoms with Crippen molar-refractivity contribution in [3.63, 3.8) is 0 Å². The molecule has 1 aromatic rings. The molecular weight excluding hydrogens is 397 g/mol. The lowest BCUT2D eigenvalue weighted by atomic mass is 9.98. The summed E-state index contributed by atoms with van der Waals surface area (Å²) in [6.45, 7) is 1.35. The van der Waals surface area contributed by atoms with E-state index in [1.165, 1.54) is 4.31 Å². The molecule has 0 aliphatic carbocycles. The molecule has 0 atom stereocenters. The fraction of sp³-hybridized carbons (Fsp3) is 0.500. The molecule has 1 amide bonds. The molecule has 12 heteroatoms. The van der Waals surface area contributed by atoms with Gasteiger partial charge in [0.1, 0.15) is 0 Å². The minimum Gasteiger partial charge on any atom is -0.455 e. The van der Waals surface area contributed by atoms with E-state index >= 15 is 0 Å². The van der Waals surface area contributed by atoms with E-state index in [-0.39, 0.29) is 24.5 Å². The van der Waals surface area contributed by atoms with E-state index in [1.807, 2.05) is 0 Å². The molecule has 1 aromatic carbocycles. The van der Waals surface area contributed by atoms with Gasteiger partial charge in [0, 0.05) is 24.8 Å². The van der Waals surface area contributed by atoms with E-state index in [9.17, 15) is 32.5 Å². The van der Waals surface area contributed by atoms with Gasteiger partial charge in [-0.2, -0.15) is 4.39 Å². The van der Waals surface area contributed by atoms with Crippen LogP contribution in [0.1, 0.15) is 19.8 Å². The number of nitro groups is 1. The molecule has 0 spiro atoms. The number of ether oxygens (including phenoxy) is 1. The number of amides is 1. The monoisotopic (exact) mass is 417 g/mol. The van der Waals surface area contributed by atoms with E-state index in [0.29, 0.717) is 12.8 Å². The highest BCUT2D eigenvalue weighted by atomic mass is 32.2. The number of nitrogens with zero attached hydrogens (tertiary/aromatic N) is 2. The summed E-state index contributed by atoms with van der Waals surface area (Å²) in [4.78, 5) is 33.7. The van der Waals surface area contributed by atoms with Crippen LogP contribution in [0.2, 0.25) is 0 Å². The van der Waals surface area contributed by atoms with Gasteiger partial charge < -0.3 is 10.1 Å². The Labute approximate surface area is 160 Å². The van der Waals surface area contributed by atoms with Crippen molar-refractivity contribution < 1.29 is 32.1 Å². The van der Waals surface area contributed by atoms with Gasteiger partial charge in [-0.3, -0.25) is 19.7 Å². The number of hydrogen-bond acceptors (Lipinski definition) is 7. The number of piperidine rings is 1. The molecule has 28 heavy (non-hydrogen) atoms. The number of carbonyl (C=O) groups is 2. The molecule has 154 valence electrons. The molecule has 0 radical (unpaired) electrons. The maximum absolute atomic E-state index is 13.3. The second kappa shape index (κ2) is 9.06. The Bertz CT molecular complexity index is 867. The zero-order valence-corrected chi connectivity index (χ0v) is 15.9. The summed E-state index contributed by atoms with van der Waals surface area (Å²) in [6, 6.07) is 2.85. The zero-order valence-electron chi connectivity index (χ0n) is 15.1. The molecule has 1 saturated heterocycles. The third-order valence-corrected chi connectivity index (χ3v) is 6.20. The van der Waals surface area contributed by atoms with Crippen LogP contribution in [-0.4, -0.2) is 55.0 Å². The van der Waals surface area contributed by atoms with Crippen molar-refractivity contribution in [2.75, 3.05) is 30.8 Å². The average Bonchev–Trinajstić information content (AvgIpc) is 2.67. The molecule has 10 nitrogen and oxygen atoms in total. The Morgan fingerprint density at radius 3 is 2.57 bits per heavy atom. The number of nitrogens with one attached hydrogen (secondary N) is 1. The molecule has 1 aliphatic heterocycles. The van der Waals surface area contributed by atoms with Gasteiger partial charge in [0.05, 0.1) is 16.6 Å². The Hall–Kier alpha value is -2.60. The zero-order chi connectivity index (χ0) is 20.9. The second-order valence-corrected chi connectivity index (χ2v) is 8.41. The van der Waals surface area contributed by atoms with Crippen molar-refractivity contribution in [3.8, 4) is 0 Å². The number of sulfonamides is 1. The summed E-state index contributed by atoms with van der Waals surface area (Å²) in [6.07, 6.45) is 0.591. The van der Waals surface area contributed by atoms with Crippen molar-refractivity contribution in [3.05, 3.63) is 34.1 Å². The standard InChI is InChI=1S/C16H20FN3O7S/c1-2-28(25,26)19-7-5-11(6-8-19)16(22)27-10-15(21)18-12-3-4-13(17)14(9-12)20(23)24/h3-4,9,11H,2,5-8,10H2,1H3,(H,18,21). The fourth-order valence-electron chi connectivity index (χ4n) is 2.73. The third-order valence-electron chi connectivity index (χ3n) is 4.32. The number of anilines is 1. The van der Waals surface area contributed by atoms with Crippen molar-refractivity contribution >= 4 is 33.3 Å². The molecule has 1 heterocycles. The van der Waals surface area contributed by atoms with Gasteiger partial charge >= 0.3 is 11.7 Å². The topological polar surface area (TPSA) is 136 Å². The summed E-state index contributed by atoms with van der Waals surface area (Å²) >= 11 is 0. The van der Waals surface area contributed by atoms with Crippen molar-refractivity contribution in [2.45, 2.75) is 19.8 Å². The number of carbonyl (C=O) groups excluding carboxylic acids is 2. The SMILES string of the molecule is CCS(=O)(=O)N1CCC(C(=O)OCC(=O)Nc2ccc(F)c([N+](=O)[O-])c2)CC1. The van der Waals surface area contributed by atoms with Crippen molar-refractivity contribution in [1.82, 2.24) is 4.31 Å². The average molecular weight is 417 g/mol. The Morgan fingerprint density at radius 2 is 2.00 bits per heavy atom. The number of hydrogen-bond donors (Lipinski definition) is 1. The Balaban J connectivity index is 1.83. The third kappa shape index (κ3) is 5.45. The van der Waals surface area contributed by atoms with Gasteiger partial charge in [0.15, 0.2) is 6.61 Å². The molecular formula is C16H20FN3O7S. The molecule has 0 bridgehead atoms. The molecule has 0 unspecified atom stereocenters. The van der Waals surface area contributed by atoms with Gasteiger partial charge in [-0.15, -0.1) is 0 Å². The van der Waals surface area contributed by atoms with E-state index in [1.54, 1.807) is 6.92 Å². The number of halogens is 1.